The van der Waals surface area contributed by atoms with Crippen LogP contribution in [0.25, 0.3) is 0 Å². The predicted octanol–water partition coefficient (Wildman–Crippen LogP) is 2.03. The Kier molecular flexibility index (Phi) is 7.44. The number of aliphatic hydroxyl groups excluding tert-OH is 1. The van der Waals surface area contributed by atoms with Gasteiger partial charge in [0.05, 0.1) is 12.1 Å². The van der Waals surface area contributed by atoms with Gasteiger partial charge < -0.3 is 29.9 Å². The summed E-state index contributed by atoms with van der Waals surface area (Å²) in [5, 5.41) is 22.3. The van der Waals surface area contributed by atoms with Crippen molar-refractivity contribution in [2.75, 3.05) is 27.0 Å². The summed E-state index contributed by atoms with van der Waals surface area (Å²) in [6, 6.07) is 4.46. The van der Waals surface area contributed by atoms with Gasteiger partial charge in [0, 0.05) is 25.8 Å². The zero-order chi connectivity index (χ0) is 20.0. The third-order valence-electron chi connectivity index (χ3n) is 4.62. The molecule has 1 aliphatic heterocycles. The minimum absolute atomic E-state index is 0.0638. The monoisotopic (exact) mass is 380 g/mol. The molecule has 1 aliphatic rings. The van der Waals surface area contributed by atoms with Crippen LogP contribution in [0.4, 0.5) is 4.79 Å². The third kappa shape index (κ3) is 5.58. The van der Waals surface area contributed by atoms with E-state index in [0.29, 0.717) is 30.7 Å². The second-order valence-electron chi connectivity index (χ2n) is 6.98. The number of carbonyl (C=O) groups excluding carboxylic acids is 1. The van der Waals surface area contributed by atoms with Crippen molar-refractivity contribution in [3.63, 3.8) is 0 Å². The van der Waals surface area contributed by atoms with Gasteiger partial charge >= 0.3 is 6.09 Å². The molecule has 2 amide bonds. The number of likely N-dealkylation sites (tertiary alicyclic amines) is 1. The Morgan fingerprint density at radius 1 is 1.37 bits per heavy atom. The molecule has 1 saturated heterocycles. The van der Waals surface area contributed by atoms with Gasteiger partial charge in [0.15, 0.2) is 6.79 Å². The number of rotatable bonds is 6. The van der Waals surface area contributed by atoms with Crippen molar-refractivity contribution in [1.29, 1.82) is 0 Å². The van der Waals surface area contributed by atoms with E-state index >= 15 is 0 Å². The molecule has 1 fully saturated rings. The molecule has 2 rings (SSSR count). The molecule has 0 bridgehead atoms. The van der Waals surface area contributed by atoms with E-state index < -0.39 is 18.2 Å². The number of amides is 2. The first-order chi connectivity index (χ1) is 12.8. The summed E-state index contributed by atoms with van der Waals surface area (Å²) in [5.41, 5.74) is 1.30. The molecule has 0 saturated carbocycles. The van der Waals surface area contributed by atoms with Crippen LogP contribution in [0.2, 0.25) is 0 Å². The van der Waals surface area contributed by atoms with Crippen molar-refractivity contribution in [1.82, 2.24) is 10.2 Å². The first-order valence-electron chi connectivity index (χ1n) is 9.06. The first kappa shape index (κ1) is 21.0. The van der Waals surface area contributed by atoms with Crippen molar-refractivity contribution < 1.29 is 29.3 Å². The fraction of sp³-hybridized carbons (Fsp3) is 0.579. The van der Waals surface area contributed by atoms with Gasteiger partial charge in [-0.2, -0.15) is 0 Å². The molecule has 8 nitrogen and oxygen atoms in total. The average Bonchev–Trinajstić information content (AvgIpc) is 2.81. The predicted molar refractivity (Wildman–Crippen MR) is 99.1 cm³/mol. The molecule has 0 aliphatic carbocycles. The standard InChI is InChI=1S/C19H28N2O6/c1-12(2)14-9-13(6-7-17(14)27-11-26-3)18(23)20-15-10-21(19(24)25)8-4-5-16(15)22/h6-7,9,12,15-16,22H,4-5,8,10-11H2,1-3H3,(H,20,23)(H,24,25)/t15-,16-/m1/s1. The van der Waals surface area contributed by atoms with E-state index in [1.165, 1.54) is 12.0 Å². The van der Waals surface area contributed by atoms with Gasteiger partial charge in [-0.25, -0.2) is 4.79 Å². The van der Waals surface area contributed by atoms with Crippen LogP contribution in [0.1, 0.15) is 48.5 Å². The van der Waals surface area contributed by atoms with E-state index in [-0.39, 0.29) is 25.2 Å². The van der Waals surface area contributed by atoms with Crippen LogP contribution in [0.3, 0.4) is 0 Å². The maximum absolute atomic E-state index is 12.7. The minimum atomic E-state index is -1.05. The number of hydrogen-bond donors (Lipinski definition) is 3. The van der Waals surface area contributed by atoms with Crippen LogP contribution in [-0.4, -0.2) is 66.3 Å². The number of benzene rings is 1. The lowest BCUT2D eigenvalue weighted by molar-refractivity contribution is 0.0502. The fourth-order valence-electron chi connectivity index (χ4n) is 3.10. The maximum Gasteiger partial charge on any atom is 0.407 e. The second kappa shape index (κ2) is 9.57. The molecule has 0 unspecified atom stereocenters. The summed E-state index contributed by atoms with van der Waals surface area (Å²) in [4.78, 5) is 25.2. The molecule has 150 valence electrons. The summed E-state index contributed by atoms with van der Waals surface area (Å²) in [5.74, 6) is 0.428. The van der Waals surface area contributed by atoms with E-state index in [2.05, 4.69) is 5.32 Å². The highest BCUT2D eigenvalue weighted by Crippen LogP contribution is 2.28. The highest BCUT2D eigenvalue weighted by molar-refractivity contribution is 5.95. The Labute approximate surface area is 159 Å². The smallest absolute Gasteiger partial charge is 0.407 e. The van der Waals surface area contributed by atoms with Crippen LogP contribution in [0.15, 0.2) is 18.2 Å². The molecule has 0 spiro atoms. The van der Waals surface area contributed by atoms with Crippen molar-refractivity contribution >= 4 is 12.0 Å². The first-order valence-corrected chi connectivity index (χ1v) is 9.06. The van der Waals surface area contributed by atoms with E-state index in [1.54, 1.807) is 18.2 Å². The Bertz CT molecular complexity index is 664. The number of nitrogens with one attached hydrogen (secondary N) is 1. The van der Waals surface area contributed by atoms with Gasteiger partial charge in [0.2, 0.25) is 0 Å². The van der Waals surface area contributed by atoms with Gasteiger partial charge in [-0.3, -0.25) is 4.79 Å². The zero-order valence-electron chi connectivity index (χ0n) is 16.0. The van der Waals surface area contributed by atoms with Gasteiger partial charge in [-0.05, 0) is 42.5 Å². The van der Waals surface area contributed by atoms with E-state index in [0.717, 1.165) is 5.56 Å². The molecule has 1 aromatic carbocycles. The summed E-state index contributed by atoms with van der Waals surface area (Å²) >= 11 is 0. The van der Waals surface area contributed by atoms with Crippen LogP contribution < -0.4 is 10.1 Å². The number of hydrogen-bond acceptors (Lipinski definition) is 5. The van der Waals surface area contributed by atoms with Gasteiger partial charge in [-0.1, -0.05) is 13.8 Å². The van der Waals surface area contributed by atoms with Gasteiger partial charge in [0.25, 0.3) is 5.91 Å². The lowest BCUT2D eigenvalue weighted by atomic mass is 9.99. The Morgan fingerprint density at radius 3 is 2.74 bits per heavy atom. The highest BCUT2D eigenvalue weighted by Gasteiger charge is 2.29. The van der Waals surface area contributed by atoms with Crippen molar-refractivity contribution in [3.05, 3.63) is 29.3 Å². The molecule has 1 aromatic rings. The Balaban J connectivity index is 2.16. The van der Waals surface area contributed by atoms with Gasteiger partial charge in [-0.15, -0.1) is 0 Å². The van der Waals surface area contributed by atoms with Crippen LogP contribution >= 0.6 is 0 Å². The third-order valence-corrected chi connectivity index (χ3v) is 4.62. The van der Waals surface area contributed by atoms with Crippen LogP contribution in [0.5, 0.6) is 5.75 Å². The van der Waals surface area contributed by atoms with Gasteiger partial charge in [0.1, 0.15) is 5.75 Å². The fourth-order valence-corrected chi connectivity index (χ4v) is 3.10. The number of methoxy groups -OCH3 is 1. The average molecular weight is 380 g/mol. The molecule has 0 radical (unpaired) electrons. The molecule has 8 heteroatoms. The number of carbonyl (C=O) groups is 2. The van der Waals surface area contributed by atoms with E-state index in [1.807, 2.05) is 13.8 Å². The van der Waals surface area contributed by atoms with Crippen LogP contribution in [-0.2, 0) is 4.74 Å². The summed E-state index contributed by atoms with van der Waals surface area (Å²) in [7, 11) is 1.54. The number of ether oxygens (including phenoxy) is 2. The molecular weight excluding hydrogens is 352 g/mol. The normalized spacial score (nSPS) is 20.3. The second-order valence-corrected chi connectivity index (χ2v) is 6.98. The Hall–Kier alpha value is -2.32. The molecule has 1 heterocycles. The Morgan fingerprint density at radius 2 is 2.11 bits per heavy atom. The lowest BCUT2D eigenvalue weighted by Gasteiger charge is -2.25. The number of carboxylic acid groups (broad SMARTS) is 1. The molecule has 2 atom stereocenters. The topological polar surface area (TPSA) is 108 Å². The van der Waals surface area contributed by atoms with Crippen LogP contribution in [0, 0.1) is 0 Å². The molecule has 3 N–H and O–H groups in total. The SMILES string of the molecule is COCOc1ccc(C(=O)N[C@@H]2CN(C(=O)O)CCC[C@H]2O)cc1C(C)C. The lowest BCUT2D eigenvalue weighted by Crippen LogP contribution is -2.49. The summed E-state index contributed by atoms with van der Waals surface area (Å²) in [6.07, 6.45) is -0.837. The molecule has 0 aromatic heterocycles. The summed E-state index contributed by atoms with van der Waals surface area (Å²) < 4.78 is 10.5. The van der Waals surface area contributed by atoms with E-state index in [4.69, 9.17) is 9.47 Å². The van der Waals surface area contributed by atoms with Crippen molar-refractivity contribution in [2.24, 2.45) is 0 Å². The summed E-state index contributed by atoms with van der Waals surface area (Å²) in [6.45, 7) is 4.52. The van der Waals surface area contributed by atoms with Crippen molar-refractivity contribution in [3.8, 4) is 5.75 Å². The number of aliphatic hydroxyl groups is 1. The van der Waals surface area contributed by atoms with E-state index in [9.17, 15) is 19.8 Å². The zero-order valence-corrected chi connectivity index (χ0v) is 16.0. The highest BCUT2D eigenvalue weighted by atomic mass is 16.7. The largest absolute Gasteiger partial charge is 0.467 e. The number of nitrogens with zero attached hydrogens (tertiary/aromatic N) is 1. The van der Waals surface area contributed by atoms with Crippen molar-refractivity contribution in [2.45, 2.75) is 44.8 Å². The maximum atomic E-state index is 12.7. The minimum Gasteiger partial charge on any atom is -0.467 e. The quantitative estimate of drug-likeness (QED) is 0.652. The molecule has 27 heavy (non-hydrogen) atoms. The molecular formula is C19H28N2O6.